The highest BCUT2D eigenvalue weighted by molar-refractivity contribution is 7.12. The SMILES string of the molecule is CC(C)(C)c1nc(C2CC2)sc1C(C)(C)C. The summed E-state index contributed by atoms with van der Waals surface area (Å²) in [6.07, 6.45) is 2.70. The zero-order valence-electron chi connectivity index (χ0n) is 11.3. The smallest absolute Gasteiger partial charge is 0.0962 e. The van der Waals surface area contributed by atoms with E-state index in [-0.39, 0.29) is 10.8 Å². The summed E-state index contributed by atoms with van der Waals surface area (Å²) in [5.74, 6) is 0.780. The van der Waals surface area contributed by atoms with Crippen molar-refractivity contribution in [3.05, 3.63) is 15.6 Å². The fraction of sp³-hybridized carbons (Fsp3) is 0.786. The summed E-state index contributed by atoms with van der Waals surface area (Å²) in [5.41, 5.74) is 1.73. The molecule has 0 radical (unpaired) electrons. The quantitative estimate of drug-likeness (QED) is 0.694. The fourth-order valence-electron chi connectivity index (χ4n) is 1.86. The number of hydrogen-bond donors (Lipinski definition) is 0. The summed E-state index contributed by atoms with van der Waals surface area (Å²) in [5, 5.41) is 1.38. The Labute approximate surface area is 103 Å². The van der Waals surface area contributed by atoms with Crippen LogP contribution in [0.4, 0.5) is 0 Å². The zero-order valence-corrected chi connectivity index (χ0v) is 12.2. The van der Waals surface area contributed by atoms with Gasteiger partial charge in [0, 0.05) is 16.2 Å². The molecule has 0 N–H and O–H groups in total. The van der Waals surface area contributed by atoms with Gasteiger partial charge in [-0.3, -0.25) is 0 Å². The van der Waals surface area contributed by atoms with Crippen molar-refractivity contribution in [2.24, 2.45) is 0 Å². The van der Waals surface area contributed by atoms with Gasteiger partial charge in [0.15, 0.2) is 0 Å². The van der Waals surface area contributed by atoms with E-state index in [4.69, 9.17) is 4.98 Å². The number of thiazole rings is 1. The lowest BCUT2D eigenvalue weighted by Crippen LogP contribution is -2.20. The van der Waals surface area contributed by atoms with Gasteiger partial charge in [-0.2, -0.15) is 0 Å². The van der Waals surface area contributed by atoms with E-state index in [9.17, 15) is 0 Å². The maximum absolute atomic E-state index is 4.93. The topological polar surface area (TPSA) is 12.9 Å². The fourth-order valence-corrected chi connectivity index (χ4v) is 3.36. The van der Waals surface area contributed by atoms with Gasteiger partial charge in [0.25, 0.3) is 0 Å². The van der Waals surface area contributed by atoms with Gasteiger partial charge in [0.2, 0.25) is 0 Å². The van der Waals surface area contributed by atoms with Crippen molar-refractivity contribution in [3.8, 4) is 0 Å². The van der Waals surface area contributed by atoms with Crippen molar-refractivity contribution in [2.45, 2.75) is 71.1 Å². The third-order valence-corrected chi connectivity index (χ3v) is 4.61. The molecule has 1 saturated carbocycles. The Kier molecular flexibility index (Phi) is 2.69. The molecular weight excluding hydrogens is 214 g/mol. The molecule has 0 atom stereocenters. The highest BCUT2D eigenvalue weighted by atomic mass is 32.1. The van der Waals surface area contributed by atoms with Crippen molar-refractivity contribution in [1.82, 2.24) is 4.98 Å². The van der Waals surface area contributed by atoms with Gasteiger partial charge in [-0.05, 0) is 18.3 Å². The zero-order chi connectivity index (χ0) is 12.1. The predicted octanol–water partition coefficient (Wildman–Crippen LogP) is 4.62. The number of aromatic nitrogens is 1. The minimum absolute atomic E-state index is 0.173. The summed E-state index contributed by atoms with van der Waals surface area (Å²) in [4.78, 5) is 6.42. The lowest BCUT2D eigenvalue weighted by molar-refractivity contribution is 0.526. The Morgan fingerprint density at radius 3 is 1.88 bits per heavy atom. The molecule has 2 rings (SSSR count). The molecule has 0 aliphatic heterocycles. The van der Waals surface area contributed by atoms with Crippen molar-refractivity contribution >= 4 is 11.3 Å². The van der Waals surface area contributed by atoms with E-state index in [2.05, 4.69) is 41.5 Å². The molecule has 1 heterocycles. The van der Waals surface area contributed by atoms with E-state index in [1.807, 2.05) is 11.3 Å². The van der Waals surface area contributed by atoms with Crippen LogP contribution in [0, 0.1) is 0 Å². The summed E-state index contributed by atoms with van der Waals surface area (Å²) in [6, 6.07) is 0. The van der Waals surface area contributed by atoms with E-state index < -0.39 is 0 Å². The molecule has 0 bridgehead atoms. The third-order valence-electron chi connectivity index (χ3n) is 2.96. The second-order valence-electron chi connectivity index (χ2n) is 7.00. The molecule has 1 aliphatic carbocycles. The Hall–Kier alpha value is -0.370. The second kappa shape index (κ2) is 3.56. The maximum atomic E-state index is 4.93. The lowest BCUT2D eigenvalue weighted by atomic mass is 9.84. The molecule has 1 aromatic heterocycles. The molecule has 0 spiro atoms. The molecule has 90 valence electrons. The summed E-state index contributed by atoms with van der Waals surface area (Å²) in [6.45, 7) is 13.7. The van der Waals surface area contributed by atoms with E-state index in [0.29, 0.717) is 0 Å². The lowest BCUT2D eigenvalue weighted by Gasteiger charge is -2.24. The van der Waals surface area contributed by atoms with E-state index in [1.54, 1.807) is 0 Å². The van der Waals surface area contributed by atoms with Gasteiger partial charge in [0.05, 0.1) is 10.7 Å². The van der Waals surface area contributed by atoms with E-state index in [0.717, 1.165) is 5.92 Å². The molecule has 1 fully saturated rings. The van der Waals surface area contributed by atoms with Gasteiger partial charge in [0.1, 0.15) is 0 Å². The predicted molar refractivity (Wildman–Crippen MR) is 71.5 cm³/mol. The van der Waals surface area contributed by atoms with Crippen LogP contribution < -0.4 is 0 Å². The van der Waals surface area contributed by atoms with Crippen molar-refractivity contribution in [3.63, 3.8) is 0 Å². The monoisotopic (exact) mass is 237 g/mol. The molecule has 0 amide bonds. The van der Waals surface area contributed by atoms with Gasteiger partial charge in [-0.1, -0.05) is 41.5 Å². The first-order valence-corrected chi connectivity index (χ1v) is 7.03. The van der Waals surface area contributed by atoms with E-state index >= 15 is 0 Å². The maximum Gasteiger partial charge on any atom is 0.0962 e. The summed E-state index contributed by atoms with van der Waals surface area (Å²) in [7, 11) is 0. The van der Waals surface area contributed by atoms with E-state index in [1.165, 1.54) is 28.4 Å². The summed E-state index contributed by atoms with van der Waals surface area (Å²) >= 11 is 1.95. The van der Waals surface area contributed by atoms with Crippen LogP contribution in [0.15, 0.2) is 0 Å². The van der Waals surface area contributed by atoms with Crippen LogP contribution in [0.25, 0.3) is 0 Å². The van der Waals surface area contributed by atoms with Gasteiger partial charge in [-0.25, -0.2) is 4.98 Å². The molecule has 0 aromatic carbocycles. The Balaban J connectivity index is 2.48. The van der Waals surface area contributed by atoms with Crippen LogP contribution in [0.3, 0.4) is 0 Å². The first-order chi connectivity index (χ1) is 7.19. The number of nitrogens with zero attached hydrogens (tertiary/aromatic N) is 1. The largest absolute Gasteiger partial charge is 0.245 e. The van der Waals surface area contributed by atoms with Crippen LogP contribution in [0.5, 0.6) is 0 Å². The molecule has 1 aromatic rings. The minimum Gasteiger partial charge on any atom is -0.245 e. The van der Waals surface area contributed by atoms with Gasteiger partial charge < -0.3 is 0 Å². The molecule has 1 nitrogen and oxygen atoms in total. The van der Waals surface area contributed by atoms with Crippen molar-refractivity contribution in [2.75, 3.05) is 0 Å². The highest BCUT2D eigenvalue weighted by Gasteiger charge is 2.34. The normalized spacial score (nSPS) is 17.9. The molecule has 2 heteroatoms. The van der Waals surface area contributed by atoms with Crippen LogP contribution >= 0.6 is 11.3 Å². The first-order valence-electron chi connectivity index (χ1n) is 6.21. The van der Waals surface area contributed by atoms with Gasteiger partial charge >= 0.3 is 0 Å². The average Bonchev–Trinajstić information content (AvgIpc) is 2.80. The standard InChI is InChI=1S/C14H23NS/c1-13(2,3)10-11(14(4,5)6)16-12(15-10)9-7-8-9/h9H,7-8H2,1-6H3. The molecule has 1 aliphatic rings. The van der Waals surface area contributed by atoms with Crippen molar-refractivity contribution < 1.29 is 0 Å². The average molecular weight is 237 g/mol. The molecule has 0 unspecified atom stereocenters. The minimum atomic E-state index is 0.173. The van der Waals surface area contributed by atoms with Crippen LogP contribution in [-0.2, 0) is 10.8 Å². The Morgan fingerprint density at radius 1 is 1.00 bits per heavy atom. The van der Waals surface area contributed by atoms with Crippen LogP contribution in [0.2, 0.25) is 0 Å². The van der Waals surface area contributed by atoms with Crippen LogP contribution in [-0.4, -0.2) is 4.98 Å². The third kappa shape index (κ3) is 2.32. The highest BCUT2D eigenvalue weighted by Crippen LogP contribution is 2.46. The molecular formula is C14H23NS. The molecule has 16 heavy (non-hydrogen) atoms. The van der Waals surface area contributed by atoms with Crippen LogP contribution in [0.1, 0.15) is 75.9 Å². The van der Waals surface area contributed by atoms with Gasteiger partial charge in [-0.15, -0.1) is 11.3 Å². The Bertz CT molecular complexity index is 354. The number of hydrogen-bond acceptors (Lipinski definition) is 2. The second-order valence-corrected chi connectivity index (χ2v) is 8.03. The Morgan fingerprint density at radius 2 is 1.56 bits per heavy atom. The first kappa shape index (κ1) is 12.1. The number of rotatable bonds is 1. The molecule has 0 saturated heterocycles. The summed E-state index contributed by atoms with van der Waals surface area (Å²) < 4.78 is 0. The van der Waals surface area contributed by atoms with Crippen molar-refractivity contribution in [1.29, 1.82) is 0 Å².